The zero-order valence-corrected chi connectivity index (χ0v) is 10.7. The molecule has 1 aliphatic heterocycles. The fraction of sp³-hybridized carbons (Fsp3) is 0.769. The second-order valence-electron chi connectivity index (χ2n) is 5.44. The third-order valence-electron chi connectivity index (χ3n) is 3.17. The molecule has 0 saturated carbocycles. The van der Waals surface area contributed by atoms with Crippen LogP contribution in [-0.2, 0) is 0 Å². The van der Waals surface area contributed by atoms with E-state index in [2.05, 4.69) is 50.6 Å². The Balaban J connectivity index is 2.38. The van der Waals surface area contributed by atoms with Crippen LogP contribution in [-0.4, -0.2) is 23.8 Å². The molecule has 2 nitrogen and oxygen atoms in total. The zero-order valence-electron chi connectivity index (χ0n) is 10.7. The van der Waals surface area contributed by atoms with Crippen LogP contribution >= 0.6 is 0 Å². The SMILES string of the molecule is CC/C=C\N=C(C)N1CC(C(C)(C)C)C1. The van der Waals surface area contributed by atoms with Gasteiger partial charge >= 0.3 is 0 Å². The fourth-order valence-corrected chi connectivity index (χ4v) is 1.64. The third kappa shape index (κ3) is 3.37. The lowest BCUT2D eigenvalue weighted by Crippen LogP contribution is -2.53. The number of nitrogens with zero attached hydrogens (tertiary/aromatic N) is 2. The molecular formula is C13H24N2. The summed E-state index contributed by atoms with van der Waals surface area (Å²) in [7, 11) is 0. The van der Waals surface area contributed by atoms with Crippen molar-refractivity contribution in [2.24, 2.45) is 16.3 Å². The van der Waals surface area contributed by atoms with Gasteiger partial charge in [0.25, 0.3) is 0 Å². The second-order valence-corrected chi connectivity index (χ2v) is 5.44. The van der Waals surface area contributed by atoms with Gasteiger partial charge in [0.15, 0.2) is 0 Å². The number of rotatable bonds is 2. The van der Waals surface area contributed by atoms with Crippen molar-refractivity contribution < 1.29 is 0 Å². The molecule has 86 valence electrons. The summed E-state index contributed by atoms with van der Waals surface area (Å²) >= 11 is 0. The lowest BCUT2D eigenvalue weighted by molar-refractivity contribution is 0.0784. The molecule has 0 atom stereocenters. The predicted molar refractivity (Wildman–Crippen MR) is 67.1 cm³/mol. The summed E-state index contributed by atoms with van der Waals surface area (Å²) in [6.07, 6.45) is 5.06. The van der Waals surface area contributed by atoms with Crippen LogP contribution < -0.4 is 0 Å². The van der Waals surface area contributed by atoms with E-state index in [1.807, 2.05) is 6.20 Å². The van der Waals surface area contributed by atoms with E-state index in [-0.39, 0.29) is 0 Å². The number of allylic oxidation sites excluding steroid dienone is 1. The van der Waals surface area contributed by atoms with Crippen molar-refractivity contribution in [2.75, 3.05) is 13.1 Å². The van der Waals surface area contributed by atoms with Gasteiger partial charge in [0.05, 0.1) is 0 Å². The Hall–Kier alpha value is -0.790. The number of amidine groups is 1. The van der Waals surface area contributed by atoms with Gasteiger partial charge in [0.2, 0.25) is 0 Å². The Labute approximate surface area is 94.1 Å². The normalized spacial score (nSPS) is 19.8. The summed E-state index contributed by atoms with van der Waals surface area (Å²) in [5.41, 5.74) is 0.441. The molecule has 0 N–H and O–H groups in total. The highest BCUT2D eigenvalue weighted by molar-refractivity contribution is 5.81. The van der Waals surface area contributed by atoms with Gasteiger partial charge in [-0.3, -0.25) is 0 Å². The zero-order chi connectivity index (χ0) is 11.5. The van der Waals surface area contributed by atoms with Gasteiger partial charge in [-0.2, -0.15) is 0 Å². The van der Waals surface area contributed by atoms with Crippen molar-refractivity contribution in [3.05, 3.63) is 12.3 Å². The minimum Gasteiger partial charge on any atom is -0.360 e. The predicted octanol–water partition coefficient (Wildman–Crippen LogP) is 3.31. The van der Waals surface area contributed by atoms with Crippen LogP contribution in [0.5, 0.6) is 0 Å². The van der Waals surface area contributed by atoms with Gasteiger partial charge in [-0.25, -0.2) is 4.99 Å². The summed E-state index contributed by atoms with van der Waals surface area (Å²) in [5, 5.41) is 0. The maximum Gasteiger partial charge on any atom is 0.101 e. The minimum atomic E-state index is 0.441. The number of hydrogen-bond donors (Lipinski definition) is 0. The summed E-state index contributed by atoms with van der Waals surface area (Å²) in [6, 6.07) is 0. The first kappa shape index (κ1) is 12.3. The van der Waals surface area contributed by atoms with Crippen molar-refractivity contribution in [2.45, 2.75) is 41.0 Å². The summed E-state index contributed by atoms with van der Waals surface area (Å²) in [6.45, 7) is 13.5. The van der Waals surface area contributed by atoms with Crippen molar-refractivity contribution >= 4 is 5.84 Å². The Morgan fingerprint density at radius 3 is 2.47 bits per heavy atom. The van der Waals surface area contributed by atoms with Crippen LogP contribution in [0.15, 0.2) is 17.3 Å². The van der Waals surface area contributed by atoms with E-state index in [0.29, 0.717) is 5.41 Å². The minimum absolute atomic E-state index is 0.441. The molecule has 1 rings (SSSR count). The van der Waals surface area contributed by atoms with Gasteiger partial charge in [-0.1, -0.05) is 33.8 Å². The molecule has 0 spiro atoms. The molecule has 0 unspecified atom stereocenters. The highest BCUT2D eigenvalue weighted by atomic mass is 15.2. The van der Waals surface area contributed by atoms with Crippen LogP contribution in [0.4, 0.5) is 0 Å². The van der Waals surface area contributed by atoms with E-state index in [4.69, 9.17) is 0 Å². The highest BCUT2D eigenvalue weighted by Gasteiger charge is 2.35. The molecule has 1 saturated heterocycles. The quantitative estimate of drug-likeness (QED) is 0.502. The van der Waals surface area contributed by atoms with E-state index in [1.165, 1.54) is 13.1 Å². The fourth-order valence-electron chi connectivity index (χ4n) is 1.64. The molecule has 0 aromatic carbocycles. The monoisotopic (exact) mass is 208 g/mol. The maximum absolute atomic E-state index is 4.41. The molecular weight excluding hydrogens is 184 g/mol. The molecule has 0 bridgehead atoms. The molecule has 0 aromatic rings. The van der Waals surface area contributed by atoms with Gasteiger partial charge in [0, 0.05) is 19.3 Å². The van der Waals surface area contributed by atoms with Crippen LogP contribution in [0.1, 0.15) is 41.0 Å². The van der Waals surface area contributed by atoms with Crippen molar-refractivity contribution in [3.63, 3.8) is 0 Å². The molecule has 15 heavy (non-hydrogen) atoms. The Kier molecular flexibility index (Phi) is 3.95. The number of aliphatic imine (C=N–C) groups is 1. The lowest BCUT2D eigenvalue weighted by Gasteiger charge is -2.47. The van der Waals surface area contributed by atoms with E-state index in [1.54, 1.807) is 0 Å². The molecule has 1 aliphatic rings. The Bertz CT molecular complexity index is 252. The standard InChI is InChI=1S/C13H24N2/c1-6-7-8-14-11(2)15-9-12(10-15)13(3,4)5/h7-8,12H,6,9-10H2,1-5H3/b8-7-,14-11?. The van der Waals surface area contributed by atoms with Gasteiger partial charge in [0.1, 0.15) is 5.84 Å². The maximum atomic E-state index is 4.41. The molecule has 0 radical (unpaired) electrons. The topological polar surface area (TPSA) is 15.6 Å². The molecule has 0 aromatic heterocycles. The summed E-state index contributed by atoms with van der Waals surface area (Å²) in [5.74, 6) is 1.97. The molecule has 0 amide bonds. The molecule has 1 heterocycles. The smallest absolute Gasteiger partial charge is 0.101 e. The average Bonchev–Trinajstić information content (AvgIpc) is 1.98. The van der Waals surface area contributed by atoms with Crippen molar-refractivity contribution in [1.29, 1.82) is 0 Å². The van der Waals surface area contributed by atoms with Gasteiger partial charge in [-0.15, -0.1) is 0 Å². The first-order chi connectivity index (χ1) is 6.95. The van der Waals surface area contributed by atoms with Gasteiger partial charge < -0.3 is 4.90 Å². The van der Waals surface area contributed by atoms with E-state index in [9.17, 15) is 0 Å². The van der Waals surface area contributed by atoms with Crippen LogP contribution in [0, 0.1) is 11.3 Å². The van der Waals surface area contributed by atoms with Crippen LogP contribution in [0.2, 0.25) is 0 Å². The molecule has 1 fully saturated rings. The van der Waals surface area contributed by atoms with E-state index in [0.717, 1.165) is 18.2 Å². The Morgan fingerprint density at radius 2 is 2.00 bits per heavy atom. The van der Waals surface area contributed by atoms with Crippen LogP contribution in [0.25, 0.3) is 0 Å². The van der Waals surface area contributed by atoms with Crippen LogP contribution in [0.3, 0.4) is 0 Å². The van der Waals surface area contributed by atoms with E-state index < -0.39 is 0 Å². The summed E-state index contributed by atoms with van der Waals surface area (Å²) < 4.78 is 0. The highest BCUT2D eigenvalue weighted by Crippen LogP contribution is 2.33. The Morgan fingerprint density at radius 1 is 1.40 bits per heavy atom. The van der Waals surface area contributed by atoms with E-state index >= 15 is 0 Å². The molecule has 0 aliphatic carbocycles. The summed E-state index contributed by atoms with van der Waals surface area (Å²) in [4.78, 5) is 6.77. The largest absolute Gasteiger partial charge is 0.360 e. The first-order valence-electron chi connectivity index (χ1n) is 5.89. The van der Waals surface area contributed by atoms with Gasteiger partial charge in [-0.05, 0) is 24.7 Å². The molecule has 2 heteroatoms. The van der Waals surface area contributed by atoms with Crippen molar-refractivity contribution in [3.8, 4) is 0 Å². The number of likely N-dealkylation sites (tertiary alicyclic amines) is 1. The second kappa shape index (κ2) is 4.82. The third-order valence-corrected chi connectivity index (χ3v) is 3.17. The lowest BCUT2D eigenvalue weighted by atomic mass is 9.76. The average molecular weight is 208 g/mol. The number of hydrogen-bond acceptors (Lipinski definition) is 1. The van der Waals surface area contributed by atoms with Crippen molar-refractivity contribution in [1.82, 2.24) is 4.90 Å². The first-order valence-corrected chi connectivity index (χ1v) is 5.89.